The zero-order chi connectivity index (χ0) is 17.5. The van der Waals surface area contributed by atoms with Gasteiger partial charge in [-0.15, -0.1) is 0 Å². The Bertz CT molecular complexity index is 679. The maximum atomic E-state index is 12.3. The van der Waals surface area contributed by atoms with E-state index in [9.17, 15) is 4.79 Å². The number of amides is 1. The molecule has 2 N–H and O–H groups in total. The van der Waals surface area contributed by atoms with E-state index in [2.05, 4.69) is 17.3 Å². The summed E-state index contributed by atoms with van der Waals surface area (Å²) in [4.78, 5) is 12.3. The Hall–Kier alpha value is -1.85. The van der Waals surface area contributed by atoms with Gasteiger partial charge in [0, 0.05) is 23.9 Å². The molecule has 0 saturated carbocycles. The standard InChI is InChI=1S/C18H24ClN3O2/c1-3-5-14(8-9-23)12-20-18(24)17-10-13(2)22(21-17)16-7-4-6-15(19)11-16/h4,6-7,10-11,14,23H,3,5,8-9,12H2,1-2H3,(H,20,24). The molecule has 6 heteroatoms. The first-order chi connectivity index (χ1) is 11.5. The van der Waals surface area contributed by atoms with Gasteiger partial charge in [0.25, 0.3) is 5.91 Å². The van der Waals surface area contributed by atoms with Gasteiger partial charge in [0.2, 0.25) is 0 Å². The van der Waals surface area contributed by atoms with Gasteiger partial charge in [0.15, 0.2) is 5.69 Å². The molecule has 1 unspecified atom stereocenters. The van der Waals surface area contributed by atoms with Crippen LogP contribution in [0.25, 0.3) is 5.69 Å². The van der Waals surface area contributed by atoms with E-state index < -0.39 is 0 Å². The maximum Gasteiger partial charge on any atom is 0.271 e. The molecule has 0 fully saturated rings. The lowest BCUT2D eigenvalue weighted by atomic mass is 10.0. The van der Waals surface area contributed by atoms with Crippen molar-refractivity contribution in [3.05, 3.63) is 46.7 Å². The zero-order valence-electron chi connectivity index (χ0n) is 14.1. The van der Waals surface area contributed by atoms with E-state index >= 15 is 0 Å². The molecule has 0 spiro atoms. The van der Waals surface area contributed by atoms with Gasteiger partial charge >= 0.3 is 0 Å². The van der Waals surface area contributed by atoms with E-state index in [1.165, 1.54) is 0 Å². The van der Waals surface area contributed by atoms with Crippen LogP contribution in [0.2, 0.25) is 5.02 Å². The third-order valence-electron chi connectivity index (χ3n) is 3.96. The van der Waals surface area contributed by atoms with Gasteiger partial charge in [-0.05, 0) is 49.9 Å². The molecule has 0 aliphatic carbocycles. The lowest BCUT2D eigenvalue weighted by Gasteiger charge is -2.15. The van der Waals surface area contributed by atoms with Crippen LogP contribution in [-0.4, -0.2) is 33.9 Å². The van der Waals surface area contributed by atoms with E-state index in [-0.39, 0.29) is 12.5 Å². The van der Waals surface area contributed by atoms with Crippen LogP contribution in [0.4, 0.5) is 0 Å². The van der Waals surface area contributed by atoms with E-state index in [1.54, 1.807) is 16.8 Å². The number of halogens is 1. The van der Waals surface area contributed by atoms with E-state index in [0.29, 0.717) is 29.6 Å². The second-order valence-electron chi connectivity index (χ2n) is 5.94. The number of aromatic nitrogens is 2. The minimum atomic E-state index is -0.196. The molecule has 0 aliphatic rings. The molecule has 2 rings (SSSR count). The molecule has 1 amide bonds. The zero-order valence-corrected chi connectivity index (χ0v) is 14.9. The van der Waals surface area contributed by atoms with Crippen LogP contribution in [0.15, 0.2) is 30.3 Å². The molecule has 1 atom stereocenters. The summed E-state index contributed by atoms with van der Waals surface area (Å²) < 4.78 is 1.71. The van der Waals surface area contributed by atoms with Crippen LogP contribution < -0.4 is 5.32 Å². The van der Waals surface area contributed by atoms with Gasteiger partial charge in [-0.1, -0.05) is 31.0 Å². The molecule has 0 saturated heterocycles. The van der Waals surface area contributed by atoms with Crippen molar-refractivity contribution in [1.82, 2.24) is 15.1 Å². The number of aryl methyl sites for hydroxylation is 1. The number of hydrogen-bond donors (Lipinski definition) is 2. The van der Waals surface area contributed by atoms with Crippen molar-refractivity contribution in [2.75, 3.05) is 13.2 Å². The Balaban J connectivity index is 2.07. The van der Waals surface area contributed by atoms with Crippen molar-refractivity contribution in [2.45, 2.75) is 33.1 Å². The lowest BCUT2D eigenvalue weighted by molar-refractivity contribution is 0.0937. The van der Waals surface area contributed by atoms with Crippen LogP contribution in [0.1, 0.15) is 42.4 Å². The molecular weight excluding hydrogens is 326 g/mol. The summed E-state index contributed by atoms with van der Waals surface area (Å²) >= 11 is 6.02. The number of carbonyl (C=O) groups excluding carboxylic acids is 1. The number of nitrogens with one attached hydrogen (secondary N) is 1. The monoisotopic (exact) mass is 349 g/mol. The molecule has 5 nitrogen and oxygen atoms in total. The Morgan fingerprint density at radius 2 is 2.17 bits per heavy atom. The van der Waals surface area contributed by atoms with Crippen LogP contribution in [0.5, 0.6) is 0 Å². The molecule has 2 aromatic rings. The highest BCUT2D eigenvalue weighted by molar-refractivity contribution is 6.30. The van der Waals surface area contributed by atoms with Crippen molar-refractivity contribution < 1.29 is 9.90 Å². The fraction of sp³-hybridized carbons (Fsp3) is 0.444. The van der Waals surface area contributed by atoms with Gasteiger partial charge in [-0.3, -0.25) is 4.79 Å². The van der Waals surface area contributed by atoms with Gasteiger partial charge < -0.3 is 10.4 Å². The number of carbonyl (C=O) groups is 1. The highest BCUT2D eigenvalue weighted by Crippen LogP contribution is 2.17. The van der Waals surface area contributed by atoms with Gasteiger partial charge in [-0.25, -0.2) is 4.68 Å². The first-order valence-electron chi connectivity index (χ1n) is 8.26. The van der Waals surface area contributed by atoms with Gasteiger partial charge in [-0.2, -0.15) is 5.10 Å². The lowest BCUT2D eigenvalue weighted by Crippen LogP contribution is -2.30. The minimum Gasteiger partial charge on any atom is -0.396 e. The molecule has 1 aromatic heterocycles. The Morgan fingerprint density at radius 1 is 1.38 bits per heavy atom. The van der Waals surface area contributed by atoms with Gasteiger partial charge in [0.1, 0.15) is 0 Å². The van der Waals surface area contributed by atoms with Crippen LogP contribution >= 0.6 is 11.6 Å². The molecule has 24 heavy (non-hydrogen) atoms. The molecule has 0 radical (unpaired) electrons. The summed E-state index contributed by atoms with van der Waals surface area (Å²) in [5.41, 5.74) is 2.07. The fourth-order valence-corrected chi connectivity index (χ4v) is 2.91. The molecule has 0 aliphatic heterocycles. The normalized spacial score (nSPS) is 12.2. The topological polar surface area (TPSA) is 67.2 Å². The highest BCUT2D eigenvalue weighted by Gasteiger charge is 2.15. The van der Waals surface area contributed by atoms with Crippen LogP contribution in [0, 0.1) is 12.8 Å². The summed E-state index contributed by atoms with van der Waals surface area (Å²) in [5.74, 6) is 0.0954. The number of hydrogen-bond acceptors (Lipinski definition) is 3. The summed E-state index contributed by atoms with van der Waals surface area (Å²) in [6.45, 7) is 4.69. The second-order valence-corrected chi connectivity index (χ2v) is 6.38. The van der Waals surface area contributed by atoms with Crippen LogP contribution in [-0.2, 0) is 0 Å². The summed E-state index contributed by atoms with van der Waals surface area (Å²) in [6.07, 6.45) is 2.71. The molecule has 130 valence electrons. The number of aliphatic hydroxyl groups is 1. The first-order valence-corrected chi connectivity index (χ1v) is 8.64. The van der Waals surface area contributed by atoms with Crippen molar-refractivity contribution in [3.8, 4) is 5.69 Å². The third kappa shape index (κ3) is 4.82. The average molecular weight is 350 g/mol. The number of aliphatic hydroxyl groups excluding tert-OH is 1. The number of benzene rings is 1. The van der Waals surface area contributed by atoms with Crippen LogP contribution in [0.3, 0.4) is 0 Å². The summed E-state index contributed by atoms with van der Waals surface area (Å²) in [5, 5.41) is 17.0. The number of rotatable bonds is 8. The van der Waals surface area contributed by atoms with Crippen molar-refractivity contribution in [3.63, 3.8) is 0 Å². The van der Waals surface area contributed by atoms with Gasteiger partial charge in [0.05, 0.1) is 5.69 Å². The average Bonchev–Trinajstić information content (AvgIpc) is 2.95. The van der Waals surface area contributed by atoms with Crippen molar-refractivity contribution >= 4 is 17.5 Å². The SMILES string of the molecule is CCCC(CCO)CNC(=O)c1cc(C)n(-c2cccc(Cl)c2)n1. The highest BCUT2D eigenvalue weighted by atomic mass is 35.5. The molecule has 0 bridgehead atoms. The largest absolute Gasteiger partial charge is 0.396 e. The molecule has 1 aromatic carbocycles. The fourth-order valence-electron chi connectivity index (χ4n) is 2.72. The quantitative estimate of drug-likeness (QED) is 0.767. The van der Waals surface area contributed by atoms with E-state index in [0.717, 1.165) is 24.2 Å². The maximum absolute atomic E-state index is 12.3. The van der Waals surface area contributed by atoms with Crippen molar-refractivity contribution in [1.29, 1.82) is 0 Å². The Labute approximate surface area is 147 Å². The first kappa shape index (κ1) is 18.5. The predicted molar refractivity (Wildman–Crippen MR) is 95.7 cm³/mol. The third-order valence-corrected chi connectivity index (χ3v) is 4.19. The molecular formula is C18H24ClN3O2. The Kier molecular flexibility index (Phi) is 6.82. The van der Waals surface area contributed by atoms with Crippen molar-refractivity contribution in [2.24, 2.45) is 5.92 Å². The van der Waals surface area contributed by atoms with E-state index in [4.69, 9.17) is 16.7 Å². The smallest absolute Gasteiger partial charge is 0.271 e. The predicted octanol–water partition coefficient (Wildman–Crippen LogP) is 3.36. The second kappa shape index (κ2) is 8.85. The summed E-state index contributed by atoms with van der Waals surface area (Å²) in [6, 6.07) is 9.11. The Morgan fingerprint density at radius 3 is 2.83 bits per heavy atom. The van der Waals surface area contributed by atoms with E-state index in [1.807, 2.05) is 25.1 Å². The molecule has 1 heterocycles. The minimum absolute atomic E-state index is 0.142. The number of nitrogens with zero attached hydrogens (tertiary/aromatic N) is 2. The summed E-state index contributed by atoms with van der Waals surface area (Å²) in [7, 11) is 0.